The van der Waals surface area contributed by atoms with Gasteiger partial charge in [-0.1, -0.05) is 48.4 Å². The van der Waals surface area contributed by atoms with E-state index in [1.54, 1.807) is 18.6 Å². The van der Waals surface area contributed by atoms with Crippen LogP contribution in [0.3, 0.4) is 0 Å². The molecule has 1 aliphatic rings. The lowest BCUT2D eigenvalue weighted by molar-refractivity contribution is 0.294. The summed E-state index contributed by atoms with van der Waals surface area (Å²) in [6.45, 7) is 2.53. The van der Waals surface area contributed by atoms with Crippen LogP contribution in [0.4, 0.5) is 0 Å². The van der Waals surface area contributed by atoms with E-state index in [0.29, 0.717) is 18.3 Å². The Morgan fingerprint density at radius 3 is 2.27 bits per heavy atom. The minimum atomic E-state index is 0.150. The maximum absolute atomic E-state index is 5.98. The number of benzene rings is 2. The van der Waals surface area contributed by atoms with Gasteiger partial charge in [0.15, 0.2) is 11.6 Å². The first-order chi connectivity index (χ1) is 14.7. The summed E-state index contributed by atoms with van der Waals surface area (Å²) in [7, 11) is 0. The molecule has 30 heavy (non-hydrogen) atoms. The van der Waals surface area contributed by atoms with Crippen molar-refractivity contribution in [1.82, 2.24) is 19.9 Å². The first-order valence-corrected chi connectivity index (χ1v) is 10.4. The number of nitrogens with one attached hydrogen (secondary N) is 1. The van der Waals surface area contributed by atoms with Crippen LogP contribution in [0.15, 0.2) is 73.2 Å². The fraction of sp³-hybridized carbons (Fsp3) is 0.240. The van der Waals surface area contributed by atoms with Crippen LogP contribution in [-0.4, -0.2) is 19.9 Å². The predicted molar refractivity (Wildman–Crippen MR) is 116 cm³/mol. The van der Waals surface area contributed by atoms with Crippen molar-refractivity contribution in [3.63, 3.8) is 0 Å². The Morgan fingerprint density at radius 1 is 0.900 bits per heavy atom. The van der Waals surface area contributed by atoms with Crippen molar-refractivity contribution < 1.29 is 4.74 Å². The van der Waals surface area contributed by atoms with Gasteiger partial charge < -0.3 is 9.72 Å². The van der Waals surface area contributed by atoms with Gasteiger partial charge in [0, 0.05) is 24.0 Å². The van der Waals surface area contributed by atoms with E-state index in [4.69, 9.17) is 4.74 Å². The van der Waals surface area contributed by atoms with E-state index in [2.05, 4.69) is 75.4 Å². The van der Waals surface area contributed by atoms with Crippen molar-refractivity contribution in [3.8, 4) is 17.4 Å². The van der Waals surface area contributed by atoms with E-state index < -0.39 is 0 Å². The molecule has 1 saturated carbocycles. The van der Waals surface area contributed by atoms with Gasteiger partial charge in [-0.3, -0.25) is 0 Å². The van der Waals surface area contributed by atoms with Crippen molar-refractivity contribution in [2.24, 2.45) is 0 Å². The molecule has 2 aromatic carbocycles. The Kier molecular flexibility index (Phi) is 4.79. The summed E-state index contributed by atoms with van der Waals surface area (Å²) in [5.41, 5.74) is 5.05. The Balaban J connectivity index is 1.30. The summed E-state index contributed by atoms with van der Waals surface area (Å²) >= 11 is 0. The molecule has 0 radical (unpaired) electrons. The Bertz CT molecular complexity index is 1110. The number of hydrogen-bond acceptors (Lipinski definition) is 4. The number of aromatic amines is 1. The second kappa shape index (κ2) is 7.75. The Labute approximate surface area is 176 Å². The molecule has 4 aromatic rings. The average Bonchev–Trinajstić information content (AvgIpc) is 3.29. The highest BCUT2D eigenvalue weighted by atomic mass is 16.5. The van der Waals surface area contributed by atoms with Crippen LogP contribution >= 0.6 is 0 Å². The third-order valence-corrected chi connectivity index (χ3v) is 6.03. The van der Waals surface area contributed by atoms with E-state index >= 15 is 0 Å². The van der Waals surface area contributed by atoms with Crippen LogP contribution in [-0.2, 0) is 12.0 Å². The largest absolute Gasteiger partial charge is 0.487 e. The van der Waals surface area contributed by atoms with Crippen LogP contribution in [0.25, 0.3) is 11.6 Å². The normalized spacial score (nSPS) is 14.8. The number of nitrogens with zero attached hydrogens (tertiary/aromatic N) is 3. The lowest BCUT2D eigenvalue weighted by Crippen LogP contribution is -2.35. The monoisotopic (exact) mass is 396 g/mol. The van der Waals surface area contributed by atoms with Crippen molar-refractivity contribution in [1.29, 1.82) is 0 Å². The highest BCUT2D eigenvalue weighted by Gasteiger charge is 2.40. The van der Waals surface area contributed by atoms with Crippen molar-refractivity contribution in [2.75, 3.05) is 0 Å². The second-order valence-corrected chi connectivity index (χ2v) is 7.92. The molecular weight excluding hydrogens is 372 g/mol. The number of aromatic nitrogens is 4. The molecule has 1 fully saturated rings. The summed E-state index contributed by atoms with van der Waals surface area (Å²) in [5.74, 6) is 2.07. The highest BCUT2D eigenvalue weighted by molar-refractivity contribution is 5.44. The van der Waals surface area contributed by atoms with Gasteiger partial charge in [0.05, 0.1) is 5.69 Å². The van der Waals surface area contributed by atoms with Gasteiger partial charge in [-0.15, -0.1) is 0 Å². The summed E-state index contributed by atoms with van der Waals surface area (Å²) in [4.78, 5) is 16.0. The minimum absolute atomic E-state index is 0.150. The number of rotatable bonds is 6. The molecule has 2 heterocycles. The molecule has 0 atom stereocenters. The van der Waals surface area contributed by atoms with E-state index in [9.17, 15) is 0 Å². The van der Waals surface area contributed by atoms with Crippen LogP contribution in [0.2, 0.25) is 0 Å². The van der Waals surface area contributed by atoms with E-state index in [-0.39, 0.29) is 5.41 Å². The number of hydrogen-bond donors (Lipinski definition) is 1. The maximum atomic E-state index is 5.98. The second-order valence-electron chi connectivity index (χ2n) is 7.92. The minimum Gasteiger partial charge on any atom is -0.487 e. The van der Waals surface area contributed by atoms with Crippen molar-refractivity contribution in [2.45, 2.75) is 38.2 Å². The molecule has 150 valence electrons. The van der Waals surface area contributed by atoms with Crippen LogP contribution < -0.4 is 4.74 Å². The fourth-order valence-corrected chi connectivity index (χ4v) is 4.15. The summed E-state index contributed by atoms with van der Waals surface area (Å²) < 4.78 is 5.98. The van der Waals surface area contributed by atoms with Crippen LogP contribution in [0, 0.1) is 6.92 Å². The predicted octanol–water partition coefficient (Wildman–Crippen LogP) is 5.22. The smallest absolute Gasteiger partial charge is 0.196 e. The van der Waals surface area contributed by atoms with Gasteiger partial charge >= 0.3 is 0 Å². The molecule has 5 heteroatoms. The molecule has 0 unspecified atom stereocenters. The van der Waals surface area contributed by atoms with Crippen LogP contribution in [0.5, 0.6) is 5.75 Å². The first kappa shape index (κ1) is 18.6. The molecule has 5 nitrogen and oxygen atoms in total. The lowest BCUT2D eigenvalue weighted by atomic mass is 9.60. The third-order valence-electron chi connectivity index (χ3n) is 6.03. The number of aryl methyl sites for hydroxylation is 1. The number of H-pyrrole nitrogens is 1. The quantitative estimate of drug-likeness (QED) is 0.485. The topological polar surface area (TPSA) is 63.7 Å². The summed E-state index contributed by atoms with van der Waals surface area (Å²) in [6.07, 6.45) is 8.86. The molecule has 0 bridgehead atoms. The summed E-state index contributed by atoms with van der Waals surface area (Å²) in [6, 6.07) is 19.4. The molecule has 1 aliphatic carbocycles. The molecule has 1 N–H and O–H groups in total. The number of imidazole rings is 1. The van der Waals surface area contributed by atoms with Crippen LogP contribution in [0.1, 0.15) is 41.6 Å². The van der Waals surface area contributed by atoms with Gasteiger partial charge in [-0.2, -0.15) is 0 Å². The maximum Gasteiger partial charge on any atom is 0.196 e. The molecule has 0 spiro atoms. The molecule has 2 aromatic heterocycles. The standard InChI is InChI=1S/C25H24N4O/c1-18-3-5-19(6-4-18)25(12-2-13-25)20-7-9-22(10-8-20)30-17-21-11-14-26-24(29-21)23-27-15-16-28-23/h3-11,14-16H,2,12-13,17H2,1H3,(H,27,28). The van der Waals surface area contributed by atoms with Gasteiger partial charge in [0.1, 0.15) is 12.4 Å². The Hall–Kier alpha value is -3.47. The number of ether oxygens (including phenoxy) is 1. The lowest BCUT2D eigenvalue weighted by Gasteiger charge is -2.43. The van der Waals surface area contributed by atoms with Gasteiger partial charge in [0.2, 0.25) is 0 Å². The molecular formula is C25H24N4O. The van der Waals surface area contributed by atoms with Crippen molar-refractivity contribution in [3.05, 3.63) is 95.6 Å². The van der Waals surface area contributed by atoms with E-state index in [1.807, 2.05) is 6.07 Å². The van der Waals surface area contributed by atoms with E-state index in [0.717, 1.165) is 11.4 Å². The SMILES string of the molecule is Cc1ccc(C2(c3ccc(OCc4ccnc(-c5ncc[nH]5)n4)cc3)CCC2)cc1. The molecule has 0 amide bonds. The highest BCUT2D eigenvalue weighted by Crippen LogP contribution is 2.49. The summed E-state index contributed by atoms with van der Waals surface area (Å²) in [5, 5.41) is 0. The molecule has 5 rings (SSSR count). The first-order valence-electron chi connectivity index (χ1n) is 10.4. The molecule has 0 saturated heterocycles. The zero-order valence-electron chi connectivity index (χ0n) is 17.0. The van der Waals surface area contributed by atoms with Gasteiger partial charge in [0.25, 0.3) is 0 Å². The van der Waals surface area contributed by atoms with Gasteiger partial charge in [-0.05, 0) is 49.1 Å². The van der Waals surface area contributed by atoms with E-state index in [1.165, 1.54) is 36.0 Å². The zero-order chi connectivity index (χ0) is 20.4. The molecule has 0 aliphatic heterocycles. The zero-order valence-corrected chi connectivity index (χ0v) is 17.0. The average molecular weight is 396 g/mol. The van der Waals surface area contributed by atoms with Gasteiger partial charge in [-0.25, -0.2) is 15.0 Å². The Morgan fingerprint density at radius 2 is 1.63 bits per heavy atom. The fourth-order valence-electron chi connectivity index (χ4n) is 4.15. The third kappa shape index (κ3) is 3.47. The van der Waals surface area contributed by atoms with Crippen molar-refractivity contribution >= 4 is 0 Å².